The zero-order valence-corrected chi connectivity index (χ0v) is 21.0. The first-order valence-electron chi connectivity index (χ1n) is 11.9. The first kappa shape index (κ1) is 30.9. The van der Waals surface area contributed by atoms with E-state index in [0.29, 0.717) is 0 Å². The van der Waals surface area contributed by atoms with Gasteiger partial charge >= 0.3 is 7.82 Å². The molecule has 1 atom stereocenters. The van der Waals surface area contributed by atoms with E-state index >= 15 is 0 Å². The van der Waals surface area contributed by atoms with Crippen LogP contribution < -0.4 is 21.3 Å². The van der Waals surface area contributed by atoms with Crippen molar-refractivity contribution in [3.63, 3.8) is 0 Å². The van der Waals surface area contributed by atoms with Crippen molar-refractivity contribution in [3.8, 4) is 0 Å². The van der Waals surface area contributed by atoms with Gasteiger partial charge in [0.1, 0.15) is 0 Å². The number of aliphatic hydroxyl groups is 1. The lowest BCUT2D eigenvalue weighted by Crippen LogP contribution is -2.26. The summed E-state index contributed by atoms with van der Waals surface area (Å²) in [4.78, 5) is 9.08. The summed E-state index contributed by atoms with van der Waals surface area (Å²) >= 11 is 0. The summed E-state index contributed by atoms with van der Waals surface area (Å²) in [7, 11) is -2.65. The van der Waals surface area contributed by atoms with Crippen LogP contribution in [0.2, 0.25) is 0 Å². The Labute approximate surface area is 190 Å². The van der Waals surface area contributed by atoms with Crippen LogP contribution in [0.25, 0.3) is 0 Å². The van der Waals surface area contributed by atoms with E-state index in [4.69, 9.17) is 9.42 Å². The zero-order chi connectivity index (χ0) is 23.3. The highest BCUT2D eigenvalue weighted by Gasteiger charge is 2.17. The van der Waals surface area contributed by atoms with E-state index < -0.39 is 13.4 Å². The van der Waals surface area contributed by atoms with Crippen molar-refractivity contribution in [1.29, 1.82) is 0 Å². The number of hydrogen-bond donors (Lipinski definition) is 6. The molecule has 0 aromatic carbocycles. The molecule has 0 aromatic rings. The van der Waals surface area contributed by atoms with Crippen LogP contribution in [0.1, 0.15) is 65.2 Å². The van der Waals surface area contributed by atoms with Crippen LogP contribution in [0.3, 0.4) is 0 Å². The fourth-order valence-electron chi connectivity index (χ4n) is 2.91. The molecule has 0 radical (unpaired) electrons. The van der Waals surface area contributed by atoms with Gasteiger partial charge in [0.2, 0.25) is 0 Å². The van der Waals surface area contributed by atoms with Crippen molar-refractivity contribution in [1.82, 2.24) is 21.3 Å². The summed E-state index contributed by atoms with van der Waals surface area (Å²) in [5.74, 6) is 0. The Kier molecular flexibility index (Phi) is 20.5. The van der Waals surface area contributed by atoms with Gasteiger partial charge in [0.25, 0.3) is 0 Å². The lowest BCUT2D eigenvalue weighted by molar-refractivity contribution is 0.0688. The SMILES string of the molecule is COP(=O)(O)OCCCCNCCCNCCCCNCCCNCCCC(C)(C)O. The zero-order valence-electron chi connectivity index (χ0n) is 20.1. The predicted octanol–water partition coefficient (Wildman–Crippen LogP) is 2.00. The summed E-state index contributed by atoms with van der Waals surface area (Å²) in [6, 6.07) is 0. The van der Waals surface area contributed by atoms with Crippen LogP contribution in [-0.4, -0.2) is 81.7 Å². The van der Waals surface area contributed by atoms with Crippen LogP contribution in [-0.2, 0) is 13.6 Å². The summed E-state index contributed by atoms with van der Waals surface area (Å²) in [5, 5.41) is 23.4. The van der Waals surface area contributed by atoms with E-state index in [0.717, 1.165) is 98.0 Å². The van der Waals surface area contributed by atoms with E-state index in [9.17, 15) is 9.67 Å². The number of nitrogens with one attached hydrogen (secondary N) is 4. The molecule has 9 nitrogen and oxygen atoms in total. The van der Waals surface area contributed by atoms with Gasteiger partial charge in [0.05, 0.1) is 12.2 Å². The second-order valence-electron chi connectivity index (χ2n) is 8.52. The molecule has 0 amide bonds. The maximum atomic E-state index is 11.1. The minimum atomic E-state index is -3.81. The average Bonchev–Trinajstić information content (AvgIpc) is 2.71. The van der Waals surface area contributed by atoms with Crippen molar-refractivity contribution in [2.75, 3.05) is 66.1 Å². The minimum absolute atomic E-state index is 0.237. The molecule has 1 unspecified atom stereocenters. The quantitative estimate of drug-likeness (QED) is 0.0932. The van der Waals surface area contributed by atoms with Crippen LogP contribution in [0.15, 0.2) is 0 Å². The van der Waals surface area contributed by atoms with Crippen molar-refractivity contribution in [2.24, 2.45) is 0 Å². The molecule has 0 heterocycles. The topological polar surface area (TPSA) is 124 Å². The maximum Gasteiger partial charge on any atom is 0.471 e. The largest absolute Gasteiger partial charge is 0.471 e. The summed E-state index contributed by atoms with van der Waals surface area (Å²) in [5.41, 5.74) is -0.548. The number of hydrogen-bond acceptors (Lipinski definition) is 8. The van der Waals surface area contributed by atoms with Crippen LogP contribution in [0, 0.1) is 0 Å². The van der Waals surface area contributed by atoms with Gasteiger partial charge in [-0.3, -0.25) is 9.05 Å². The molecule has 10 heteroatoms. The van der Waals surface area contributed by atoms with Crippen molar-refractivity contribution in [2.45, 2.75) is 70.8 Å². The third kappa shape index (κ3) is 26.0. The number of phosphoric acid groups is 1. The summed E-state index contributed by atoms with van der Waals surface area (Å²) < 4.78 is 20.2. The van der Waals surface area contributed by atoms with Gasteiger partial charge in [-0.25, -0.2) is 4.57 Å². The first-order valence-corrected chi connectivity index (χ1v) is 13.3. The Morgan fingerprint density at radius 2 is 1.10 bits per heavy atom. The minimum Gasteiger partial charge on any atom is -0.390 e. The fraction of sp³-hybridized carbons (Fsp3) is 1.00. The van der Waals surface area contributed by atoms with E-state index in [2.05, 4.69) is 25.8 Å². The van der Waals surface area contributed by atoms with E-state index in [1.807, 2.05) is 13.8 Å². The summed E-state index contributed by atoms with van der Waals surface area (Å²) in [6.07, 6.45) is 8.09. The van der Waals surface area contributed by atoms with Gasteiger partial charge in [-0.1, -0.05) is 0 Å². The second-order valence-corrected chi connectivity index (χ2v) is 10.1. The Hall–Kier alpha value is -0.0900. The molecule has 0 aliphatic rings. The maximum absolute atomic E-state index is 11.1. The monoisotopic (exact) mass is 468 g/mol. The molecular formula is C21H49N4O5P. The first-order chi connectivity index (χ1) is 14.8. The van der Waals surface area contributed by atoms with E-state index in [-0.39, 0.29) is 6.61 Å². The average molecular weight is 469 g/mol. The fourth-order valence-corrected chi connectivity index (χ4v) is 3.37. The van der Waals surface area contributed by atoms with Crippen molar-refractivity contribution < 1.29 is 23.6 Å². The highest BCUT2D eigenvalue weighted by Crippen LogP contribution is 2.41. The van der Waals surface area contributed by atoms with Crippen LogP contribution in [0.4, 0.5) is 0 Å². The lowest BCUT2D eigenvalue weighted by Gasteiger charge is -2.16. The third-order valence-corrected chi connectivity index (χ3v) is 5.72. The highest BCUT2D eigenvalue weighted by molar-refractivity contribution is 7.47. The molecule has 0 aromatic heterocycles. The lowest BCUT2D eigenvalue weighted by atomic mass is 10.0. The van der Waals surface area contributed by atoms with E-state index in [1.165, 1.54) is 12.8 Å². The Morgan fingerprint density at radius 1 is 0.710 bits per heavy atom. The molecule has 0 aliphatic carbocycles. The molecule has 0 aliphatic heterocycles. The predicted molar refractivity (Wildman–Crippen MR) is 127 cm³/mol. The third-order valence-electron chi connectivity index (χ3n) is 4.75. The molecule has 0 spiro atoms. The van der Waals surface area contributed by atoms with Crippen LogP contribution in [0.5, 0.6) is 0 Å². The molecule has 6 N–H and O–H groups in total. The van der Waals surface area contributed by atoms with Gasteiger partial charge in [0, 0.05) is 7.11 Å². The highest BCUT2D eigenvalue weighted by atomic mass is 31.2. The molecule has 0 rings (SSSR count). The Morgan fingerprint density at radius 3 is 1.52 bits per heavy atom. The van der Waals surface area contributed by atoms with Crippen LogP contribution >= 0.6 is 7.82 Å². The molecular weight excluding hydrogens is 419 g/mol. The second kappa shape index (κ2) is 20.5. The smallest absolute Gasteiger partial charge is 0.390 e. The van der Waals surface area contributed by atoms with Gasteiger partial charge < -0.3 is 31.3 Å². The van der Waals surface area contributed by atoms with Gasteiger partial charge in [0.15, 0.2) is 0 Å². The molecule has 188 valence electrons. The van der Waals surface area contributed by atoms with E-state index in [1.54, 1.807) is 0 Å². The molecule has 31 heavy (non-hydrogen) atoms. The normalized spacial score (nSPS) is 14.1. The van der Waals surface area contributed by atoms with Gasteiger partial charge in [-0.15, -0.1) is 0 Å². The molecule has 0 saturated carbocycles. The molecule has 0 fully saturated rings. The standard InChI is InChI=1S/C21H49N4O5P/c1-21(2,26)11-8-15-25-19-10-17-23-13-5-4-12-22-16-9-18-24-14-6-7-20-30-31(27,28)29-3/h22-26H,4-20H2,1-3H3,(H,27,28). The van der Waals surface area contributed by atoms with Gasteiger partial charge in [-0.2, -0.15) is 0 Å². The number of phosphoric ester groups is 1. The van der Waals surface area contributed by atoms with Gasteiger partial charge in [-0.05, 0) is 118 Å². The summed E-state index contributed by atoms with van der Waals surface area (Å²) in [6.45, 7) is 12.0. The molecule has 0 bridgehead atoms. The molecule has 0 saturated heterocycles. The van der Waals surface area contributed by atoms with Crippen molar-refractivity contribution >= 4 is 7.82 Å². The Balaban J connectivity index is 3.10. The number of rotatable bonds is 24. The van der Waals surface area contributed by atoms with Crippen molar-refractivity contribution in [3.05, 3.63) is 0 Å². The Bertz CT molecular complexity index is 438. The number of unbranched alkanes of at least 4 members (excludes halogenated alkanes) is 2.